The summed E-state index contributed by atoms with van der Waals surface area (Å²) in [5, 5.41) is 3.02. The molecular formula is C24H28N4O3. The fourth-order valence-electron chi connectivity index (χ4n) is 4.56. The first kappa shape index (κ1) is 21.0. The quantitative estimate of drug-likeness (QED) is 0.723. The van der Waals surface area contributed by atoms with Gasteiger partial charge in [0.1, 0.15) is 5.76 Å². The zero-order valence-electron chi connectivity index (χ0n) is 18.1. The number of aromatic nitrogens is 1. The first-order chi connectivity index (χ1) is 14.9. The molecule has 1 saturated heterocycles. The average Bonchev–Trinajstić information content (AvgIpc) is 3.30. The van der Waals surface area contributed by atoms with Crippen molar-refractivity contribution in [2.75, 3.05) is 19.6 Å². The van der Waals surface area contributed by atoms with E-state index in [4.69, 9.17) is 4.42 Å². The van der Waals surface area contributed by atoms with E-state index in [-0.39, 0.29) is 17.2 Å². The highest BCUT2D eigenvalue weighted by Crippen LogP contribution is 2.59. The topological polar surface area (TPSA) is 87.8 Å². The summed E-state index contributed by atoms with van der Waals surface area (Å²) in [5.41, 5.74) is 2.63. The molecule has 2 fully saturated rings. The Morgan fingerprint density at radius 3 is 2.84 bits per heavy atom. The molecule has 0 radical (unpaired) electrons. The van der Waals surface area contributed by atoms with Gasteiger partial charge in [-0.3, -0.25) is 19.6 Å². The minimum Gasteiger partial charge on any atom is -0.456 e. The summed E-state index contributed by atoms with van der Waals surface area (Å²) in [5.74, 6) is 1.32. The Labute approximate surface area is 182 Å². The molecule has 0 bridgehead atoms. The number of piperidine rings is 1. The molecule has 162 valence electrons. The predicted molar refractivity (Wildman–Crippen MR) is 119 cm³/mol. The van der Waals surface area contributed by atoms with Gasteiger partial charge in [-0.1, -0.05) is 0 Å². The van der Waals surface area contributed by atoms with Crippen LogP contribution in [0.15, 0.2) is 40.0 Å². The zero-order chi connectivity index (χ0) is 22.0. The van der Waals surface area contributed by atoms with Crippen molar-refractivity contribution >= 4 is 24.6 Å². The molecule has 7 nitrogen and oxygen atoms in total. The third kappa shape index (κ3) is 4.45. The molecule has 1 N–H and O–H groups in total. The van der Waals surface area contributed by atoms with Crippen LogP contribution in [0.3, 0.4) is 0 Å². The van der Waals surface area contributed by atoms with Crippen LogP contribution in [0.2, 0.25) is 0 Å². The maximum atomic E-state index is 12.7. The molecule has 2 aromatic rings. The molecule has 2 aliphatic rings. The number of furan rings is 1. The van der Waals surface area contributed by atoms with Crippen molar-refractivity contribution in [1.29, 1.82) is 0 Å². The van der Waals surface area contributed by atoms with Crippen LogP contribution in [-0.2, 0) is 0 Å². The van der Waals surface area contributed by atoms with E-state index in [9.17, 15) is 9.59 Å². The van der Waals surface area contributed by atoms with Gasteiger partial charge >= 0.3 is 0 Å². The number of aliphatic imine (C=N–C) groups is 1. The van der Waals surface area contributed by atoms with Crippen LogP contribution in [0.4, 0.5) is 0 Å². The van der Waals surface area contributed by atoms with Gasteiger partial charge in [-0.2, -0.15) is 0 Å². The van der Waals surface area contributed by atoms with Crippen LogP contribution in [0.25, 0.3) is 6.08 Å². The lowest BCUT2D eigenvalue weighted by molar-refractivity contribution is 0.0668. The second kappa shape index (κ2) is 8.49. The van der Waals surface area contributed by atoms with Gasteiger partial charge < -0.3 is 14.6 Å². The number of hydrogen-bond donors (Lipinski definition) is 1. The number of hydrogen-bond acceptors (Lipinski definition) is 5. The molecule has 3 heterocycles. The van der Waals surface area contributed by atoms with E-state index in [1.165, 1.54) is 0 Å². The predicted octanol–water partition coefficient (Wildman–Crippen LogP) is 3.64. The smallest absolute Gasteiger partial charge is 0.287 e. The number of aryl methyl sites for hydroxylation is 2. The van der Waals surface area contributed by atoms with Gasteiger partial charge in [0.05, 0.1) is 0 Å². The number of amides is 2. The van der Waals surface area contributed by atoms with Crippen molar-refractivity contribution < 1.29 is 14.0 Å². The van der Waals surface area contributed by atoms with Crippen molar-refractivity contribution in [1.82, 2.24) is 15.2 Å². The standard InChI is InChI=1S/C24H28N4O3/c1-16-12-19(5-9-26-16)23(30)28-10-6-24(7-11-28)14-20(24)15-27-22(29)21-13-18(4-8-25-3)17(2)31-21/h4-5,8-9,12-13,20H,3,6-7,10-11,14-15H2,1-2H3,(H,27,29)/b8-4-. The maximum Gasteiger partial charge on any atom is 0.287 e. The zero-order valence-corrected chi connectivity index (χ0v) is 18.1. The lowest BCUT2D eigenvalue weighted by Gasteiger charge is -2.33. The Hall–Kier alpha value is -3.22. The molecule has 2 amide bonds. The monoisotopic (exact) mass is 420 g/mol. The summed E-state index contributed by atoms with van der Waals surface area (Å²) in [4.78, 5) is 35.0. The van der Waals surface area contributed by atoms with Crippen LogP contribution in [0, 0.1) is 25.2 Å². The fourth-order valence-corrected chi connectivity index (χ4v) is 4.56. The summed E-state index contributed by atoms with van der Waals surface area (Å²) in [6.45, 7) is 9.27. The highest BCUT2D eigenvalue weighted by molar-refractivity contribution is 5.94. The first-order valence-electron chi connectivity index (χ1n) is 10.6. The minimum atomic E-state index is -0.197. The third-order valence-electron chi connectivity index (χ3n) is 6.60. The number of likely N-dealkylation sites (tertiary alicyclic amines) is 1. The molecule has 1 spiro atoms. The van der Waals surface area contributed by atoms with Crippen LogP contribution in [-0.4, -0.2) is 48.1 Å². The summed E-state index contributed by atoms with van der Waals surface area (Å²) >= 11 is 0. The van der Waals surface area contributed by atoms with Gasteiger partial charge in [-0.15, -0.1) is 0 Å². The van der Waals surface area contributed by atoms with Crippen LogP contribution >= 0.6 is 0 Å². The Kier molecular flexibility index (Phi) is 5.76. The van der Waals surface area contributed by atoms with Crippen molar-refractivity contribution in [3.05, 3.63) is 58.9 Å². The molecule has 31 heavy (non-hydrogen) atoms. The van der Waals surface area contributed by atoms with Crippen molar-refractivity contribution in [2.45, 2.75) is 33.1 Å². The van der Waals surface area contributed by atoms with Gasteiger partial charge in [0.15, 0.2) is 5.76 Å². The molecular weight excluding hydrogens is 392 g/mol. The maximum absolute atomic E-state index is 12.7. The van der Waals surface area contributed by atoms with Gasteiger partial charge in [-0.05, 0) is 75.4 Å². The number of nitrogens with one attached hydrogen (secondary N) is 1. The number of carbonyl (C=O) groups is 2. The van der Waals surface area contributed by atoms with Crippen LogP contribution in [0.1, 0.15) is 57.2 Å². The molecule has 0 aromatic carbocycles. The van der Waals surface area contributed by atoms with E-state index in [1.54, 1.807) is 30.6 Å². The number of carbonyl (C=O) groups excluding carboxylic acids is 2. The molecule has 4 rings (SSSR count). The fraction of sp³-hybridized carbons (Fsp3) is 0.417. The van der Waals surface area contributed by atoms with Gasteiger partial charge in [0.2, 0.25) is 0 Å². The summed E-state index contributed by atoms with van der Waals surface area (Å²) < 4.78 is 5.58. The lowest BCUT2D eigenvalue weighted by atomic mass is 9.90. The average molecular weight is 421 g/mol. The SMILES string of the molecule is C=N/C=C\c1cc(C(=O)NCC2CC23CCN(C(=O)c2ccnc(C)c2)CC3)oc1C. The van der Waals surface area contributed by atoms with Gasteiger partial charge in [-0.25, -0.2) is 0 Å². The normalized spacial score (nSPS) is 19.5. The molecule has 1 atom stereocenters. The second-order valence-electron chi connectivity index (χ2n) is 8.57. The largest absolute Gasteiger partial charge is 0.456 e. The van der Waals surface area contributed by atoms with Gasteiger partial charge in [0, 0.05) is 48.9 Å². The molecule has 1 saturated carbocycles. The number of pyridine rings is 1. The minimum absolute atomic E-state index is 0.0792. The molecule has 1 unspecified atom stereocenters. The van der Waals surface area contributed by atoms with E-state index in [1.807, 2.05) is 24.8 Å². The van der Waals surface area contributed by atoms with Crippen molar-refractivity contribution in [3.63, 3.8) is 0 Å². The second-order valence-corrected chi connectivity index (χ2v) is 8.57. The third-order valence-corrected chi connectivity index (χ3v) is 6.60. The highest BCUT2D eigenvalue weighted by atomic mass is 16.3. The highest BCUT2D eigenvalue weighted by Gasteiger charge is 2.54. The Morgan fingerprint density at radius 2 is 2.13 bits per heavy atom. The van der Waals surface area contributed by atoms with Gasteiger partial charge in [0.25, 0.3) is 11.8 Å². The lowest BCUT2D eigenvalue weighted by Crippen LogP contribution is -2.40. The Bertz CT molecular complexity index is 1030. The van der Waals surface area contributed by atoms with E-state index in [2.05, 4.69) is 22.0 Å². The van der Waals surface area contributed by atoms with Crippen LogP contribution < -0.4 is 5.32 Å². The van der Waals surface area contributed by atoms with E-state index < -0.39 is 0 Å². The summed E-state index contributed by atoms with van der Waals surface area (Å²) in [6, 6.07) is 5.34. The van der Waals surface area contributed by atoms with Crippen LogP contribution in [0.5, 0.6) is 0 Å². The Morgan fingerprint density at radius 1 is 1.35 bits per heavy atom. The van der Waals surface area contributed by atoms with Crippen molar-refractivity contribution in [2.24, 2.45) is 16.3 Å². The van der Waals surface area contributed by atoms with E-state index >= 15 is 0 Å². The van der Waals surface area contributed by atoms with E-state index in [0.29, 0.717) is 29.5 Å². The van der Waals surface area contributed by atoms with E-state index in [0.717, 1.165) is 43.6 Å². The molecule has 1 aliphatic heterocycles. The molecule has 1 aliphatic carbocycles. The summed E-state index contributed by atoms with van der Waals surface area (Å²) in [6.07, 6.45) is 8.07. The number of nitrogens with zero attached hydrogens (tertiary/aromatic N) is 3. The first-order valence-corrected chi connectivity index (χ1v) is 10.6. The summed E-state index contributed by atoms with van der Waals surface area (Å²) in [7, 11) is 0. The molecule has 2 aromatic heterocycles. The molecule has 7 heteroatoms. The van der Waals surface area contributed by atoms with Crippen molar-refractivity contribution in [3.8, 4) is 0 Å². The Balaban J connectivity index is 1.27. The number of rotatable bonds is 6.